The summed E-state index contributed by atoms with van der Waals surface area (Å²) in [6.07, 6.45) is 0.403. The first-order valence-corrected chi connectivity index (χ1v) is 5.99. The van der Waals surface area contributed by atoms with Crippen molar-refractivity contribution in [3.8, 4) is 0 Å². The van der Waals surface area contributed by atoms with Crippen LogP contribution in [-0.2, 0) is 11.3 Å². The SMILES string of the molecule is CNC(=O)CCn1c(=S)[nH]c2cc(Cl)ccc21. The summed E-state index contributed by atoms with van der Waals surface area (Å²) in [4.78, 5) is 14.3. The summed E-state index contributed by atoms with van der Waals surface area (Å²) in [5.74, 6) is -0.00443. The number of H-pyrrole nitrogens is 1. The van der Waals surface area contributed by atoms with Gasteiger partial charge in [0.15, 0.2) is 4.77 Å². The van der Waals surface area contributed by atoms with Crippen LogP contribution in [-0.4, -0.2) is 22.5 Å². The van der Waals surface area contributed by atoms with E-state index in [0.29, 0.717) is 22.8 Å². The second-order valence-electron chi connectivity index (χ2n) is 3.67. The van der Waals surface area contributed by atoms with E-state index in [-0.39, 0.29) is 5.91 Å². The predicted molar refractivity (Wildman–Crippen MR) is 70.8 cm³/mol. The van der Waals surface area contributed by atoms with E-state index < -0.39 is 0 Å². The number of carbonyl (C=O) groups is 1. The summed E-state index contributed by atoms with van der Waals surface area (Å²) in [5.41, 5.74) is 1.85. The molecule has 2 aromatic rings. The highest BCUT2D eigenvalue weighted by atomic mass is 35.5. The number of benzene rings is 1. The lowest BCUT2D eigenvalue weighted by molar-refractivity contribution is -0.120. The molecule has 0 atom stereocenters. The quantitative estimate of drug-likeness (QED) is 0.841. The lowest BCUT2D eigenvalue weighted by atomic mass is 10.3. The molecule has 0 saturated heterocycles. The van der Waals surface area contributed by atoms with Crippen LogP contribution in [0.5, 0.6) is 0 Å². The summed E-state index contributed by atoms with van der Waals surface area (Å²) in [5, 5.41) is 3.25. The largest absolute Gasteiger partial charge is 0.359 e. The maximum Gasteiger partial charge on any atom is 0.221 e. The lowest BCUT2D eigenvalue weighted by Gasteiger charge is -2.03. The molecule has 4 nitrogen and oxygen atoms in total. The van der Waals surface area contributed by atoms with E-state index in [2.05, 4.69) is 10.3 Å². The molecule has 1 amide bonds. The minimum absolute atomic E-state index is 0.00443. The first-order chi connectivity index (χ1) is 8.11. The van der Waals surface area contributed by atoms with Gasteiger partial charge in [-0.2, -0.15) is 0 Å². The zero-order valence-electron chi connectivity index (χ0n) is 9.29. The Bertz CT molecular complexity index is 617. The molecule has 0 aliphatic rings. The number of aromatic nitrogens is 2. The molecule has 90 valence electrons. The molecule has 1 heterocycles. The van der Waals surface area contributed by atoms with Crippen molar-refractivity contribution >= 4 is 40.8 Å². The van der Waals surface area contributed by atoms with E-state index in [0.717, 1.165) is 11.0 Å². The predicted octanol–water partition coefficient (Wildman–Crippen LogP) is 2.49. The molecular formula is C11H12ClN3OS. The van der Waals surface area contributed by atoms with E-state index in [1.807, 2.05) is 22.8 Å². The Kier molecular flexibility index (Phi) is 3.49. The number of hydrogen-bond donors (Lipinski definition) is 2. The van der Waals surface area contributed by atoms with Gasteiger partial charge in [0.25, 0.3) is 0 Å². The third kappa shape index (κ3) is 2.50. The Morgan fingerprint density at radius 3 is 3.06 bits per heavy atom. The summed E-state index contributed by atoms with van der Waals surface area (Å²) >= 11 is 11.1. The number of nitrogens with zero attached hydrogens (tertiary/aromatic N) is 1. The van der Waals surface area contributed by atoms with Crippen LogP contribution in [0.2, 0.25) is 5.02 Å². The van der Waals surface area contributed by atoms with Gasteiger partial charge in [-0.15, -0.1) is 0 Å². The van der Waals surface area contributed by atoms with E-state index in [4.69, 9.17) is 23.8 Å². The summed E-state index contributed by atoms with van der Waals surface area (Å²) < 4.78 is 2.50. The number of fused-ring (bicyclic) bond motifs is 1. The van der Waals surface area contributed by atoms with Gasteiger partial charge in [0, 0.05) is 25.0 Å². The highest BCUT2D eigenvalue weighted by Crippen LogP contribution is 2.19. The van der Waals surface area contributed by atoms with Crippen molar-refractivity contribution in [2.24, 2.45) is 0 Å². The number of carbonyl (C=O) groups excluding carboxylic acids is 1. The Hall–Kier alpha value is -1.33. The Balaban J connectivity index is 2.36. The van der Waals surface area contributed by atoms with Crippen molar-refractivity contribution in [1.29, 1.82) is 0 Å². The van der Waals surface area contributed by atoms with E-state index in [9.17, 15) is 4.79 Å². The first kappa shape index (κ1) is 12.1. The normalized spacial score (nSPS) is 10.7. The molecule has 17 heavy (non-hydrogen) atoms. The third-order valence-corrected chi connectivity index (χ3v) is 3.14. The second kappa shape index (κ2) is 4.89. The third-order valence-electron chi connectivity index (χ3n) is 2.58. The first-order valence-electron chi connectivity index (χ1n) is 5.20. The minimum Gasteiger partial charge on any atom is -0.359 e. The summed E-state index contributed by atoms with van der Waals surface area (Å²) in [6.45, 7) is 0.556. The number of hydrogen-bond acceptors (Lipinski definition) is 2. The van der Waals surface area contributed by atoms with Gasteiger partial charge in [-0.1, -0.05) is 11.6 Å². The van der Waals surface area contributed by atoms with E-state index in [1.54, 1.807) is 7.05 Å². The molecule has 2 rings (SSSR count). The van der Waals surface area contributed by atoms with Gasteiger partial charge in [-0.05, 0) is 30.4 Å². The van der Waals surface area contributed by atoms with Crippen LogP contribution in [0.1, 0.15) is 6.42 Å². The standard InChI is InChI=1S/C11H12ClN3OS/c1-13-10(16)4-5-15-9-3-2-7(12)6-8(9)14-11(15)17/h2-3,6H,4-5H2,1H3,(H,13,16)(H,14,17). The van der Waals surface area contributed by atoms with Crippen LogP contribution in [0.15, 0.2) is 18.2 Å². The molecule has 0 spiro atoms. The smallest absolute Gasteiger partial charge is 0.221 e. The molecule has 1 aromatic carbocycles. The Labute approximate surface area is 109 Å². The zero-order valence-corrected chi connectivity index (χ0v) is 10.9. The van der Waals surface area contributed by atoms with Gasteiger partial charge in [0.05, 0.1) is 11.0 Å². The average molecular weight is 270 g/mol. The van der Waals surface area contributed by atoms with Crippen molar-refractivity contribution in [3.05, 3.63) is 28.0 Å². The Morgan fingerprint density at radius 1 is 1.59 bits per heavy atom. The zero-order chi connectivity index (χ0) is 12.4. The van der Waals surface area contributed by atoms with Crippen molar-refractivity contribution in [2.45, 2.75) is 13.0 Å². The van der Waals surface area contributed by atoms with Crippen molar-refractivity contribution < 1.29 is 4.79 Å². The molecule has 1 aromatic heterocycles. The molecule has 0 radical (unpaired) electrons. The van der Waals surface area contributed by atoms with Crippen LogP contribution >= 0.6 is 23.8 Å². The van der Waals surface area contributed by atoms with Crippen molar-refractivity contribution in [1.82, 2.24) is 14.9 Å². The molecule has 0 fully saturated rings. The summed E-state index contributed by atoms with van der Waals surface area (Å²) in [7, 11) is 1.62. The molecular weight excluding hydrogens is 258 g/mol. The van der Waals surface area contributed by atoms with Gasteiger partial charge in [0.2, 0.25) is 5.91 Å². The van der Waals surface area contributed by atoms with Gasteiger partial charge in [0.1, 0.15) is 0 Å². The molecule has 0 saturated carbocycles. The summed E-state index contributed by atoms with van der Waals surface area (Å²) in [6, 6.07) is 5.53. The highest BCUT2D eigenvalue weighted by molar-refractivity contribution is 7.71. The van der Waals surface area contributed by atoms with Gasteiger partial charge in [-0.3, -0.25) is 4.79 Å². The van der Waals surface area contributed by atoms with Gasteiger partial charge < -0.3 is 14.9 Å². The topological polar surface area (TPSA) is 49.8 Å². The van der Waals surface area contributed by atoms with Crippen LogP contribution in [0.4, 0.5) is 0 Å². The number of rotatable bonds is 3. The number of amides is 1. The number of halogens is 1. The van der Waals surface area contributed by atoms with Crippen LogP contribution < -0.4 is 5.32 Å². The molecule has 0 aliphatic carbocycles. The fourth-order valence-electron chi connectivity index (χ4n) is 1.70. The molecule has 2 N–H and O–H groups in total. The molecule has 0 aliphatic heterocycles. The van der Waals surface area contributed by atoms with E-state index >= 15 is 0 Å². The number of imidazole rings is 1. The van der Waals surface area contributed by atoms with Gasteiger partial charge >= 0.3 is 0 Å². The minimum atomic E-state index is -0.00443. The fourth-order valence-corrected chi connectivity index (χ4v) is 2.17. The maximum absolute atomic E-state index is 11.2. The maximum atomic E-state index is 11.2. The molecule has 6 heteroatoms. The second-order valence-corrected chi connectivity index (χ2v) is 4.49. The van der Waals surface area contributed by atoms with Crippen LogP contribution in [0.25, 0.3) is 11.0 Å². The van der Waals surface area contributed by atoms with Crippen molar-refractivity contribution in [3.63, 3.8) is 0 Å². The number of nitrogens with one attached hydrogen (secondary N) is 2. The molecule has 0 unspecified atom stereocenters. The van der Waals surface area contributed by atoms with Crippen molar-refractivity contribution in [2.75, 3.05) is 7.05 Å². The van der Waals surface area contributed by atoms with Gasteiger partial charge in [-0.25, -0.2) is 0 Å². The number of aromatic amines is 1. The lowest BCUT2D eigenvalue weighted by Crippen LogP contribution is -2.19. The van der Waals surface area contributed by atoms with Crippen LogP contribution in [0.3, 0.4) is 0 Å². The fraction of sp³-hybridized carbons (Fsp3) is 0.273. The van der Waals surface area contributed by atoms with Crippen LogP contribution in [0, 0.1) is 4.77 Å². The molecule has 0 bridgehead atoms. The Morgan fingerprint density at radius 2 is 2.35 bits per heavy atom. The average Bonchev–Trinajstić information content (AvgIpc) is 2.61. The number of aryl methyl sites for hydroxylation is 1. The highest BCUT2D eigenvalue weighted by Gasteiger charge is 2.06. The monoisotopic (exact) mass is 269 g/mol. The van der Waals surface area contributed by atoms with E-state index in [1.165, 1.54) is 0 Å².